The standard InChI is InChI=1S/C20H30N2O5/c1-13-9-11-14(12-10-13)20(7,22-17(25)27-18(2,3)4)15(23)21-19(5,6)16(24)26-8/h9-12H,1-8H3,(H,21,23)(H,22,25)/t20-/m1/s1. The lowest BCUT2D eigenvalue weighted by molar-refractivity contribution is -0.150. The van der Waals surface area contributed by atoms with Gasteiger partial charge in [-0.15, -0.1) is 0 Å². The maximum Gasteiger partial charge on any atom is 0.408 e. The van der Waals surface area contributed by atoms with Crippen LogP contribution in [-0.2, 0) is 24.6 Å². The zero-order valence-electron chi connectivity index (χ0n) is 17.4. The third-order valence-electron chi connectivity index (χ3n) is 3.96. The van der Waals surface area contributed by atoms with Crippen molar-refractivity contribution in [3.63, 3.8) is 0 Å². The van der Waals surface area contributed by atoms with Crippen LogP contribution in [-0.4, -0.2) is 36.2 Å². The van der Waals surface area contributed by atoms with E-state index in [1.807, 2.05) is 19.1 Å². The number of amides is 2. The molecule has 0 aliphatic carbocycles. The van der Waals surface area contributed by atoms with Gasteiger partial charge in [-0.3, -0.25) is 4.79 Å². The molecule has 2 amide bonds. The van der Waals surface area contributed by atoms with Gasteiger partial charge in [-0.2, -0.15) is 0 Å². The first-order chi connectivity index (χ1) is 12.2. The van der Waals surface area contributed by atoms with Gasteiger partial charge < -0.3 is 20.1 Å². The van der Waals surface area contributed by atoms with Crippen LogP contribution in [0.25, 0.3) is 0 Å². The van der Waals surface area contributed by atoms with Gasteiger partial charge in [0.1, 0.15) is 16.7 Å². The Balaban J connectivity index is 3.25. The number of esters is 1. The van der Waals surface area contributed by atoms with Crippen LogP contribution in [0.1, 0.15) is 52.7 Å². The van der Waals surface area contributed by atoms with Crippen molar-refractivity contribution in [1.82, 2.24) is 10.6 Å². The first-order valence-corrected chi connectivity index (χ1v) is 8.70. The van der Waals surface area contributed by atoms with Crippen molar-refractivity contribution in [1.29, 1.82) is 0 Å². The van der Waals surface area contributed by atoms with E-state index in [1.54, 1.807) is 39.8 Å². The minimum absolute atomic E-state index is 0.553. The van der Waals surface area contributed by atoms with Gasteiger partial charge in [-0.1, -0.05) is 29.8 Å². The highest BCUT2D eigenvalue weighted by Crippen LogP contribution is 2.24. The van der Waals surface area contributed by atoms with Crippen LogP contribution < -0.4 is 10.6 Å². The molecule has 150 valence electrons. The van der Waals surface area contributed by atoms with Crippen molar-refractivity contribution >= 4 is 18.0 Å². The summed E-state index contributed by atoms with van der Waals surface area (Å²) in [5.74, 6) is -1.16. The van der Waals surface area contributed by atoms with Crippen LogP contribution in [0.5, 0.6) is 0 Å². The fraction of sp³-hybridized carbons (Fsp3) is 0.550. The van der Waals surface area contributed by atoms with Crippen LogP contribution in [0.15, 0.2) is 24.3 Å². The molecule has 0 unspecified atom stereocenters. The first kappa shape index (κ1) is 22.5. The van der Waals surface area contributed by atoms with Gasteiger partial charge in [0.05, 0.1) is 7.11 Å². The Morgan fingerprint density at radius 1 is 0.889 bits per heavy atom. The summed E-state index contributed by atoms with van der Waals surface area (Å²) in [6, 6.07) is 7.17. The number of hydrogen-bond donors (Lipinski definition) is 2. The van der Waals surface area contributed by atoms with Crippen LogP contribution >= 0.6 is 0 Å². The number of aryl methyl sites for hydroxylation is 1. The van der Waals surface area contributed by atoms with Crippen molar-refractivity contribution in [2.75, 3.05) is 7.11 Å². The second-order valence-corrected chi connectivity index (χ2v) is 8.19. The molecule has 0 spiro atoms. The largest absolute Gasteiger partial charge is 0.467 e. The van der Waals surface area contributed by atoms with E-state index in [1.165, 1.54) is 21.0 Å². The van der Waals surface area contributed by atoms with Gasteiger partial charge in [0, 0.05) is 0 Å². The van der Waals surface area contributed by atoms with Gasteiger partial charge in [0.2, 0.25) is 0 Å². The number of hydrogen-bond acceptors (Lipinski definition) is 5. The zero-order valence-corrected chi connectivity index (χ0v) is 17.4. The summed E-state index contributed by atoms with van der Waals surface area (Å²) in [4.78, 5) is 37.4. The summed E-state index contributed by atoms with van der Waals surface area (Å²) >= 11 is 0. The number of rotatable bonds is 5. The molecule has 0 aliphatic heterocycles. The third-order valence-corrected chi connectivity index (χ3v) is 3.96. The highest BCUT2D eigenvalue weighted by atomic mass is 16.6. The summed E-state index contributed by atoms with van der Waals surface area (Å²) < 4.78 is 10.0. The number of alkyl carbamates (subject to hydrolysis) is 1. The number of nitrogens with one attached hydrogen (secondary N) is 2. The quantitative estimate of drug-likeness (QED) is 0.769. The molecule has 0 heterocycles. The molecule has 0 aromatic heterocycles. The lowest BCUT2D eigenvalue weighted by Gasteiger charge is -2.34. The number of carbonyl (C=O) groups is 3. The maximum atomic E-state index is 13.1. The molecule has 7 nitrogen and oxygen atoms in total. The summed E-state index contributed by atoms with van der Waals surface area (Å²) in [5, 5.41) is 5.28. The molecule has 1 aromatic carbocycles. The molecule has 0 radical (unpaired) electrons. The SMILES string of the molecule is COC(=O)C(C)(C)NC(=O)[C@](C)(NC(=O)OC(C)(C)C)c1ccc(C)cc1. The molecule has 7 heteroatoms. The molecule has 1 atom stereocenters. The van der Waals surface area contributed by atoms with E-state index in [0.29, 0.717) is 5.56 Å². The van der Waals surface area contributed by atoms with Gasteiger partial charge in [0.25, 0.3) is 5.91 Å². The van der Waals surface area contributed by atoms with Crippen molar-refractivity contribution in [2.24, 2.45) is 0 Å². The Hall–Kier alpha value is -2.57. The molecule has 27 heavy (non-hydrogen) atoms. The van der Waals surface area contributed by atoms with Crippen molar-refractivity contribution in [3.8, 4) is 0 Å². The maximum absolute atomic E-state index is 13.1. The van der Waals surface area contributed by atoms with Gasteiger partial charge in [0.15, 0.2) is 0 Å². The molecule has 0 saturated carbocycles. The third kappa shape index (κ3) is 5.98. The first-order valence-electron chi connectivity index (χ1n) is 8.70. The second-order valence-electron chi connectivity index (χ2n) is 8.19. The average Bonchev–Trinajstić information content (AvgIpc) is 2.51. The lowest BCUT2D eigenvalue weighted by atomic mass is 9.89. The normalized spacial score (nSPS) is 13.9. The second kappa shape index (κ2) is 7.98. The number of benzene rings is 1. The summed E-state index contributed by atoms with van der Waals surface area (Å²) in [7, 11) is 1.24. The Morgan fingerprint density at radius 2 is 1.41 bits per heavy atom. The van der Waals surface area contributed by atoms with Crippen molar-refractivity contribution < 1.29 is 23.9 Å². The van der Waals surface area contributed by atoms with Gasteiger partial charge in [-0.25, -0.2) is 9.59 Å². The predicted octanol–water partition coefficient (Wildman–Crippen LogP) is 2.80. The summed E-state index contributed by atoms with van der Waals surface area (Å²) in [5.41, 5.74) is -1.89. The Bertz CT molecular complexity index is 704. The Kier molecular flexibility index (Phi) is 6.64. The predicted molar refractivity (Wildman–Crippen MR) is 102 cm³/mol. The minimum atomic E-state index is -1.46. The van der Waals surface area contributed by atoms with E-state index >= 15 is 0 Å². The molecule has 2 N–H and O–H groups in total. The van der Waals surface area contributed by atoms with Crippen molar-refractivity contribution in [3.05, 3.63) is 35.4 Å². The smallest absolute Gasteiger partial charge is 0.408 e. The number of carbonyl (C=O) groups excluding carboxylic acids is 3. The van der Waals surface area contributed by atoms with E-state index in [9.17, 15) is 14.4 Å². The molecule has 0 bridgehead atoms. The van der Waals surface area contributed by atoms with E-state index in [0.717, 1.165) is 5.56 Å². The zero-order chi connectivity index (χ0) is 21.0. The summed E-state index contributed by atoms with van der Waals surface area (Å²) in [6.07, 6.45) is -0.739. The summed E-state index contributed by atoms with van der Waals surface area (Å²) in [6.45, 7) is 11.7. The molecule has 1 rings (SSSR count). The van der Waals surface area contributed by atoms with E-state index in [-0.39, 0.29) is 0 Å². The molecule has 0 aliphatic rings. The van der Waals surface area contributed by atoms with E-state index in [2.05, 4.69) is 10.6 Å². The highest BCUT2D eigenvalue weighted by Gasteiger charge is 2.42. The molecular formula is C20H30N2O5. The van der Waals surface area contributed by atoms with Crippen LogP contribution in [0.4, 0.5) is 4.79 Å². The molecule has 1 aromatic rings. The van der Waals surface area contributed by atoms with E-state index < -0.39 is 34.6 Å². The highest BCUT2D eigenvalue weighted by molar-refractivity contribution is 5.94. The number of ether oxygens (including phenoxy) is 2. The van der Waals surface area contributed by atoms with Crippen LogP contribution in [0.2, 0.25) is 0 Å². The van der Waals surface area contributed by atoms with Crippen molar-refractivity contribution in [2.45, 2.75) is 65.1 Å². The Morgan fingerprint density at radius 3 is 1.85 bits per heavy atom. The molecular weight excluding hydrogens is 348 g/mol. The monoisotopic (exact) mass is 378 g/mol. The fourth-order valence-electron chi connectivity index (χ4n) is 2.37. The van der Waals surface area contributed by atoms with Crippen LogP contribution in [0, 0.1) is 6.92 Å². The van der Waals surface area contributed by atoms with Gasteiger partial charge >= 0.3 is 12.1 Å². The topological polar surface area (TPSA) is 93.7 Å². The van der Waals surface area contributed by atoms with Gasteiger partial charge in [-0.05, 0) is 54.0 Å². The lowest BCUT2D eigenvalue weighted by Crippen LogP contribution is -2.61. The van der Waals surface area contributed by atoms with E-state index in [4.69, 9.17) is 9.47 Å². The molecule has 0 fully saturated rings. The fourth-order valence-corrected chi connectivity index (χ4v) is 2.37. The minimum Gasteiger partial charge on any atom is -0.467 e. The van der Waals surface area contributed by atoms with Crippen LogP contribution in [0.3, 0.4) is 0 Å². The molecule has 0 saturated heterocycles. The Labute approximate surface area is 160 Å². The average molecular weight is 378 g/mol. The number of methoxy groups -OCH3 is 1.